The fraction of sp³-hybridized carbons (Fsp3) is 0.0667. The van der Waals surface area contributed by atoms with Crippen LogP contribution in [0.25, 0.3) is 22.3 Å². The van der Waals surface area contributed by atoms with Gasteiger partial charge in [-0.15, -0.1) is 0 Å². The molecule has 0 fully saturated rings. The third-order valence-electron chi connectivity index (χ3n) is 3.01. The monoisotopic (exact) mass is 308 g/mol. The van der Waals surface area contributed by atoms with E-state index in [4.69, 9.17) is 11.6 Å². The molecule has 0 spiro atoms. The first-order valence-corrected chi connectivity index (χ1v) is 6.41. The van der Waals surface area contributed by atoms with Gasteiger partial charge in [-0.1, -0.05) is 23.7 Å². The van der Waals surface area contributed by atoms with Crippen molar-refractivity contribution in [2.24, 2.45) is 0 Å². The Morgan fingerprint density at radius 3 is 2.29 bits per heavy atom. The van der Waals surface area contributed by atoms with E-state index in [1.165, 1.54) is 18.3 Å². The molecule has 1 aromatic heterocycles. The number of rotatable bonds is 1. The first-order chi connectivity index (χ1) is 9.93. The zero-order valence-corrected chi connectivity index (χ0v) is 11.3. The van der Waals surface area contributed by atoms with Crippen LogP contribution in [0.4, 0.5) is 13.2 Å². The highest BCUT2D eigenvalue weighted by Gasteiger charge is 2.30. The van der Waals surface area contributed by atoms with Crippen LogP contribution in [-0.4, -0.2) is 9.97 Å². The lowest BCUT2D eigenvalue weighted by atomic mass is 10.1. The lowest BCUT2D eigenvalue weighted by Crippen LogP contribution is -2.04. The molecule has 0 saturated carbocycles. The minimum Gasteiger partial charge on any atom is -0.252 e. The predicted octanol–water partition coefficient (Wildman–Crippen LogP) is 4.97. The summed E-state index contributed by atoms with van der Waals surface area (Å²) in [6, 6.07) is 9.92. The van der Waals surface area contributed by atoms with Gasteiger partial charge in [-0.25, -0.2) is 4.98 Å². The molecule has 0 bridgehead atoms. The second-order valence-electron chi connectivity index (χ2n) is 4.46. The van der Waals surface area contributed by atoms with Crippen LogP contribution >= 0.6 is 11.6 Å². The van der Waals surface area contributed by atoms with Gasteiger partial charge in [0.15, 0.2) is 0 Å². The Morgan fingerprint density at radius 2 is 1.62 bits per heavy atom. The van der Waals surface area contributed by atoms with Crippen molar-refractivity contribution in [1.29, 1.82) is 0 Å². The Balaban J connectivity index is 2.02. The summed E-state index contributed by atoms with van der Waals surface area (Å²) in [6.45, 7) is 0. The molecule has 3 rings (SSSR count). The molecule has 0 amide bonds. The summed E-state index contributed by atoms with van der Waals surface area (Å²) in [5.74, 6) is 0. The quantitative estimate of drug-likeness (QED) is 0.634. The van der Waals surface area contributed by atoms with Crippen molar-refractivity contribution in [1.82, 2.24) is 9.97 Å². The smallest absolute Gasteiger partial charge is 0.252 e. The molecular formula is C15H8ClF3N2. The van der Waals surface area contributed by atoms with E-state index < -0.39 is 11.7 Å². The molecule has 2 nitrogen and oxygen atoms in total. The topological polar surface area (TPSA) is 25.8 Å². The Labute approximate surface area is 123 Å². The fourth-order valence-electron chi connectivity index (χ4n) is 1.95. The highest BCUT2D eigenvalue weighted by molar-refractivity contribution is 6.31. The van der Waals surface area contributed by atoms with E-state index in [0.29, 0.717) is 27.3 Å². The number of benzene rings is 2. The number of hydrogen-bond donors (Lipinski definition) is 0. The average molecular weight is 309 g/mol. The first-order valence-electron chi connectivity index (χ1n) is 6.03. The van der Waals surface area contributed by atoms with E-state index in [-0.39, 0.29) is 0 Å². The summed E-state index contributed by atoms with van der Waals surface area (Å²) in [6.07, 6.45) is -2.83. The molecule has 0 aliphatic rings. The molecule has 0 saturated heterocycles. The minimum absolute atomic E-state index is 0.513. The number of fused-ring (bicyclic) bond motifs is 1. The lowest BCUT2D eigenvalue weighted by Gasteiger charge is -2.07. The van der Waals surface area contributed by atoms with Gasteiger partial charge in [0.2, 0.25) is 0 Å². The van der Waals surface area contributed by atoms with Gasteiger partial charge in [-0.05, 0) is 30.3 Å². The Bertz CT molecular complexity index is 798. The van der Waals surface area contributed by atoms with Crippen molar-refractivity contribution >= 4 is 22.6 Å². The average Bonchev–Trinajstić information content (AvgIpc) is 2.46. The summed E-state index contributed by atoms with van der Waals surface area (Å²) in [5, 5.41) is 0.555. The number of nitrogens with zero attached hydrogens (tertiary/aromatic N) is 2. The van der Waals surface area contributed by atoms with Crippen molar-refractivity contribution in [2.45, 2.75) is 6.18 Å². The maximum Gasteiger partial charge on any atom is 0.416 e. The van der Waals surface area contributed by atoms with Crippen molar-refractivity contribution in [3.8, 4) is 11.3 Å². The third kappa shape index (κ3) is 2.83. The maximum absolute atomic E-state index is 12.5. The van der Waals surface area contributed by atoms with Gasteiger partial charge >= 0.3 is 6.18 Å². The molecule has 0 unspecified atom stereocenters. The fourth-order valence-corrected chi connectivity index (χ4v) is 2.12. The highest BCUT2D eigenvalue weighted by atomic mass is 35.5. The summed E-state index contributed by atoms with van der Waals surface area (Å²) >= 11 is 5.86. The van der Waals surface area contributed by atoms with Crippen LogP contribution in [0, 0.1) is 0 Å². The van der Waals surface area contributed by atoms with E-state index in [2.05, 4.69) is 9.97 Å². The molecule has 1 heterocycles. The maximum atomic E-state index is 12.5. The van der Waals surface area contributed by atoms with Gasteiger partial charge in [0.25, 0.3) is 0 Å². The summed E-state index contributed by atoms with van der Waals surface area (Å²) in [4.78, 5) is 8.60. The normalized spacial score (nSPS) is 11.8. The van der Waals surface area contributed by atoms with E-state index >= 15 is 0 Å². The Kier molecular flexibility index (Phi) is 3.29. The van der Waals surface area contributed by atoms with Crippen molar-refractivity contribution in [3.63, 3.8) is 0 Å². The molecule has 0 atom stereocenters. The number of alkyl halides is 3. The second kappa shape index (κ2) is 5.00. The lowest BCUT2D eigenvalue weighted by molar-refractivity contribution is -0.137. The third-order valence-corrected chi connectivity index (χ3v) is 3.25. The first kappa shape index (κ1) is 13.8. The van der Waals surface area contributed by atoms with Crippen LogP contribution in [0.3, 0.4) is 0 Å². The zero-order valence-electron chi connectivity index (χ0n) is 10.5. The van der Waals surface area contributed by atoms with Crippen molar-refractivity contribution < 1.29 is 13.2 Å². The van der Waals surface area contributed by atoms with E-state index in [9.17, 15) is 13.2 Å². The number of halogens is 4. The molecule has 0 aliphatic carbocycles. The van der Waals surface area contributed by atoms with Crippen LogP contribution in [0.2, 0.25) is 5.02 Å². The molecule has 0 N–H and O–H groups in total. The van der Waals surface area contributed by atoms with Crippen molar-refractivity contribution in [3.05, 3.63) is 59.2 Å². The molecule has 0 aliphatic heterocycles. The van der Waals surface area contributed by atoms with E-state index in [1.54, 1.807) is 18.2 Å². The van der Waals surface area contributed by atoms with Gasteiger partial charge in [0.1, 0.15) is 0 Å². The molecular weight excluding hydrogens is 301 g/mol. The largest absolute Gasteiger partial charge is 0.416 e. The Hall–Kier alpha value is -2.14. The number of hydrogen-bond acceptors (Lipinski definition) is 2. The molecule has 2 aromatic carbocycles. The zero-order chi connectivity index (χ0) is 15.0. The van der Waals surface area contributed by atoms with E-state index in [1.807, 2.05) is 0 Å². The molecule has 106 valence electrons. The van der Waals surface area contributed by atoms with Crippen LogP contribution in [0.15, 0.2) is 48.7 Å². The van der Waals surface area contributed by atoms with Crippen molar-refractivity contribution in [2.75, 3.05) is 0 Å². The van der Waals surface area contributed by atoms with Gasteiger partial charge in [-0.3, -0.25) is 4.98 Å². The van der Waals surface area contributed by atoms with Gasteiger partial charge in [0, 0.05) is 10.6 Å². The summed E-state index contributed by atoms with van der Waals surface area (Å²) in [5.41, 5.74) is 1.67. The standard InChI is InChI=1S/C15H8ClF3N2/c16-11-5-6-12-13(7-11)20-8-14(21-12)9-1-3-10(4-2-9)15(17,18)19/h1-8H. The van der Waals surface area contributed by atoms with Gasteiger partial charge < -0.3 is 0 Å². The predicted molar refractivity (Wildman–Crippen MR) is 75.0 cm³/mol. The molecule has 21 heavy (non-hydrogen) atoms. The molecule has 0 radical (unpaired) electrons. The van der Waals surface area contributed by atoms with Gasteiger partial charge in [0.05, 0.1) is 28.5 Å². The van der Waals surface area contributed by atoms with Crippen LogP contribution in [0.5, 0.6) is 0 Å². The van der Waals surface area contributed by atoms with Crippen LogP contribution in [0.1, 0.15) is 5.56 Å². The SMILES string of the molecule is FC(F)(F)c1ccc(-c2cnc3cc(Cl)ccc3n2)cc1. The number of aromatic nitrogens is 2. The van der Waals surface area contributed by atoms with Gasteiger partial charge in [-0.2, -0.15) is 13.2 Å². The molecule has 3 aromatic rings. The van der Waals surface area contributed by atoms with E-state index in [0.717, 1.165) is 12.1 Å². The summed E-state index contributed by atoms with van der Waals surface area (Å²) < 4.78 is 37.6. The minimum atomic E-state index is -4.34. The second-order valence-corrected chi connectivity index (χ2v) is 4.90. The molecule has 6 heteroatoms. The summed E-state index contributed by atoms with van der Waals surface area (Å²) in [7, 11) is 0. The van der Waals surface area contributed by atoms with Crippen LogP contribution < -0.4 is 0 Å². The Morgan fingerprint density at radius 1 is 0.905 bits per heavy atom. The highest BCUT2D eigenvalue weighted by Crippen LogP contribution is 2.30. The van der Waals surface area contributed by atoms with Crippen LogP contribution in [-0.2, 0) is 6.18 Å².